The van der Waals surface area contributed by atoms with Crippen molar-refractivity contribution in [2.75, 3.05) is 31.9 Å². The Morgan fingerprint density at radius 1 is 1.32 bits per heavy atom. The van der Waals surface area contributed by atoms with Crippen molar-refractivity contribution >= 4 is 11.6 Å². The number of amides is 1. The Balaban J connectivity index is 1.62. The van der Waals surface area contributed by atoms with Crippen LogP contribution in [0.2, 0.25) is 0 Å². The van der Waals surface area contributed by atoms with E-state index in [2.05, 4.69) is 15.1 Å². The number of likely N-dealkylation sites (tertiary alicyclic amines) is 2. The Morgan fingerprint density at radius 2 is 2.11 bits per heavy atom. The van der Waals surface area contributed by atoms with Gasteiger partial charge in [-0.3, -0.25) is 14.8 Å². The van der Waals surface area contributed by atoms with Gasteiger partial charge >= 0.3 is 0 Å². The zero-order valence-corrected chi connectivity index (χ0v) is 11.1. The van der Waals surface area contributed by atoms with Crippen LogP contribution in [0.15, 0.2) is 6.20 Å². The minimum atomic E-state index is -0.0190. The number of piperidine rings is 1. The van der Waals surface area contributed by atoms with Gasteiger partial charge in [0.2, 0.25) is 0 Å². The van der Waals surface area contributed by atoms with E-state index in [0.29, 0.717) is 17.4 Å². The van der Waals surface area contributed by atoms with E-state index in [1.165, 1.54) is 38.5 Å². The molecule has 3 heterocycles. The van der Waals surface area contributed by atoms with Crippen LogP contribution in [0.1, 0.15) is 36.2 Å². The lowest BCUT2D eigenvalue weighted by Crippen LogP contribution is -2.41. The minimum absolute atomic E-state index is 0.0190. The summed E-state index contributed by atoms with van der Waals surface area (Å²) in [5, 5.41) is 6.51. The number of nitrogens with zero attached hydrogens (tertiary/aromatic N) is 3. The van der Waals surface area contributed by atoms with Crippen LogP contribution in [0, 0.1) is 0 Å². The largest absolute Gasteiger partial charge is 0.396 e. The van der Waals surface area contributed by atoms with Crippen molar-refractivity contribution in [2.45, 2.75) is 31.7 Å². The maximum absolute atomic E-state index is 12.3. The third-order valence-electron chi connectivity index (χ3n) is 4.24. The van der Waals surface area contributed by atoms with Gasteiger partial charge in [-0.25, -0.2) is 0 Å². The number of H-pyrrole nitrogens is 1. The quantitative estimate of drug-likeness (QED) is 0.823. The monoisotopic (exact) mass is 263 g/mol. The highest BCUT2D eigenvalue weighted by Crippen LogP contribution is 2.22. The number of anilines is 1. The van der Waals surface area contributed by atoms with E-state index in [-0.39, 0.29) is 5.91 Å². The van der Waals surface area contributed by atoms with Crippen LogP contribution in [0.5, 0.6) is 0 Å². The lowest BCUT2D eigenvalue weighted by Gasteiger charge is -2.32. The number of nitrogen functional groups attached to an aromatic ring is 1. The number of rotatable bonds is 2. The van der Waals surface area contributed by atoms with Crippen LogP contribution in [-0.2, 0) is 0 Å². The standard InChI is InChI=1S/C13H21N5O/c14-11-8-15-16-12(11)13(19)18-7-4-10(9-18)17-5-2-1-3-6-17/h8,10H,1-7,9,14H2,(H,15,16). The predicted molar refractivity (Wildman–Crippen MR) is 72.7 cm³/mol. The number of hydrogen-bond acceptors (Lipinski definition) is 4. The fourth-order valence-corrected chi connectivity index (χ4v) is 3.13. The van der Waals surface area contributed by atoms with Crippen LogP contribution < -0.4 is 5.73 Å². The molecule has 1 unspecified atom stereocenters. The summed E-state index contributed by atoms with van der Waals surface area (Å²) >= 11 is 0. The van der Waals surface area contributed by atoms with Crippen LogP contribution in [0.4, 0.5) is 5.69 Å². The number of nitrogens with two attached hydrogens (primary N) is 1. The number of carbonyl (C=O) groups excluding carboxylic acids is 1. The molecule has 3 rings (SSSR count). The molecule has 2 aliphatic rings. The van der Waals surface area contributed by atoms with E-state index in [0.717, 1.165) is 19.5 Å². The Labute approximate surface area is 112 Å². The van der Waals surface area contributed by atoms with Crippen LogP contribution in [0.25, 0.3) is 0 Å². The smallest absolute Gasteiger partial charge is 0.274 e. The third-order valence-corrected chi connectivity index (χ3v) is 4.24. The molecule has 0 spiro atoms. The first kappa shape index (κ1) is 12.5. The molecule has 0 aromatic carbocycles. The van der Waals surface area contributed by atoms with Gasteiger partial charge in [-0.2, -0.15) is 5.10 Å². The molecular formula is C13H21N5O. The number of hydrogen-bond donors (Lipinski definition) is 2. The molecule has 104 valence electrons. The van der Waals surface area contributed by atoms with Crippen molar-refractivity contribution in [3.8, 4) is 0 Å². The van der Waals surface area contributed by atoms with Crippen molar-refractivity contribution in [3.05, 3.63) is 11.9 Å². The summed E-state index contributed by atoms with van der Waals surface area (Å²) in [6.07, 6.45) is 6.48. The molecule has 0 saturated carbocycles. The van der Waals surface area contributed by atoms with Crippen molar-refractivity contribution in [2.24, 2.45) is 0 Å². The van der Waals surface area contributed by atoms with E-state index in [1.54, 1.807) is 0 Å². The molecule has 19 heavy (non-hydrogen) atoms. The maximum Gasteiger partial charge on any atom is 0.274 e. The molecular weight excluding hydrogens is 242 g/mol. The lowest BCUT2D eigenvalue weighted by atomic mass is 10.1. The summed E-state index contributed by atoms with van der Waals surface area (Å²) in [5.41, 5.74) is 6.60. The second-order valence-electron chi connectivity index (χ2n) is 5.49. The van der Waals surface area contributed by atoms with Crippen LogP contribution in [0.3, 0.4) is 0 Å². The van der Waals surface area contributed by atoms with E-state index < -0.39 is 0 Å². The normalized spacial score (nSPS) is 24.8. The van der Waals surface area contributed by atoms with Gasteiger partial charge in [0.05, 0.1) is 11.9 Å². The summed E-state index contributed by atoms with van der Waals surface area (Å²) in [6, 6.07) is 0.522. The average molecular weight is 263 g/mol. The minimum Gasteiger partial charge on any atom is -0.396 e. The van der Waals surface area contributed by atoms with E-state index in [1.807, 2.05) is 4.90 Å². The van der Waals surface area contributed by atoms with Crippen LogP contribution in [-0.4, -0.2) is 58.1 Å². The third kappa shape index (κ3) is 2.45. The van der Waals surface area contributed by atoms with Crippen molar-refractivity contribution in [1.29, 1.82) is 0 Å². The Kier molecular flexibility index (Phi) is 3.42. The molecule has 0 aliphatic carbocycles. The molecule has 1 atom stereocenters. The van der Waals surface area contributed by atoms with Gasteiger partial charge in [-0.15, -0.1) is 0 Å². The summed E-state index contributed by atoms with van der Waals surface area (Å²) in [6.45, 7) is 3.99. The SMILES string of the molecule is Nc1cn[nH]c1C(=O)N1CCC(N2CCCCC2)C1. The summed E-state index contributed by atoms with van der Waals surface area (Å²) in [5.74, 6) is -0.0190. The van der Waals surface area contributed by atoms with Gasteiger partial charge in [0, 0.05) is 19.1 Å². The van der Waals surface area contributed by atoms with Gasteiger partial charge < -0.3 is 10.6 Å². The molecule has 6 nitrogen and oxygen atoms in total. The highest BCUT2D eigenvalue weighted by Gasteiger charge is 2.32. The first-order valence-electron chi connectivity index (χ1n) is 7.08. The summed E-state index contributed by atoms with van der Waals surface area (Å²) in [4.78, 5) is 16.7. The Bertz CT molecular complexity index is 452. The lowest BCUT2D eigenvalue weighted by molar-refractivity contribution is 0.0767. The molecule has 6 heteroatoms. The molecule has 0 bridgehead atoms. The maximum atomic E-state index is 12.3. The molecule has 1 aromatic heterocycles. The second-order valence-corrected chi connectivity index (χ2v) is 5.49. The van der Waals surface area contributed by atoms with Gasteiger partial charge in [-0.05, 0) is 32.4 Å². The van der Waals surface area contributed by atoms with Crippen molar-refractivity contribution in [3.63, 3.8) is 0 Å². The molecule has 1 amide bonds. The predicted octanol–water partition coefficient (Wildman–Crippen LogP) is 0.692. The first-order valence-corrected chi connectivity index (χ1v) is 7.08. The van der Waals surface area contributed by atoms with E-state index in [9.17, 15) is 4.79 Å². The number of nitrogens with one attached hydrogen (secondary N) is 1. The molecule has 3 N–H and O–H groups in total. The fraction of sp³-hybridized carbons (Fsp3) is 0.692. The Hall–Kier alpha value is -1.56. The average Bonchev–Trinajstić information content (AvgIpc) is 3.08. The van der Waals surface area contributed by atoms with Crippen LogP contribution >= 0.6 is 0 Å². The van der Waals surface area contributed by atoms with Gasteiger partial charge in [-0.1, -0.05) is 6.42 Å². The van der Waals surface area contributed by atoms with E-state index in [4.69, 9.17) is 5.73 Å². The molecule has 2 aliphatic heterocycles. The number of aromatic nitrogens is 2. The zero-order chi connectivity index (χ0) is 13.2. The van der Waals surface area contributed by atoms with Gasteiger partial charge in [0.15, 0.2) is 0 Å². The molecule has 2 saturated heterocycles. The second kappa shape index (κ2) is 5.21. The van der Waals surface area contributed by atoms with Crippen molar-refractivity contribution < 1.29 is 4.79 Å². The topological polar surface area (TPSA) is 78.2 Å². The highest BCUT2D eigenvalue weighted by molar-refractivity contribution is 5.97. The van der Waals surface area contributed by atoms with E-state index >= 15 is 0 Å². The van der Waals surface area contributed by atoms with Gasteiger partial charge in [0.1, 0.15) is 5.69 Å². The number of carbonyl (C=O) groups is 1. The highest BCUT2D eigenvalue weighted by atomic mass is 16.2. The molecule has 2 fully saturated rings. The first-order chi connectivity index (χ1) is 9.25. The summed E-state index contributed by atoms with van der Waals surface area (Å²) < 4.78 is 0. The Morgan fingerprint density at radius 3 is 2.79 bits per heavy atom. The van der Waals surface area contributed by atoms with Crippen molar-refractivity contribution in [1.82, 2.24) is 20.0 Å². The molecule has 1 aromatic rings. The zero-order valence-electron chi connectivity index (χ0n) is 11.1. The molecule has 0 radical (unpaired) electrons. The van der Waals surface area contributed by atoms with Gasteiger partial charge in [0.25, 0.3) is 5.91 Å². The fourth-order valence-electron chi connectivity index (χ4n) is 3.13. The number of aromatic amines is 1. The summed E-state index contributed by atoms with van der Waals surface area (Å²) in [7, 11) is 0.